The fraction of sp³-hybridized carbons (Fsp3) is 0.364. The average Bonchev–Trinajstić information content (AvgIpc) is 3.28. The van der Waals surface area contributed by atoms with Gasteiger partial charge >= 0.3 is 5.97 Å². The second kappa shape index (κ2) is 9.03. The highest BCUT2D eigenvalue weighted by Crippen LogP contribution is 2.31. The summed E-state index contributed by atoms with van der Waals surface area (Å²) in [5, 5.41) is 2.56. The third-order valence-electron chi connectivity index (χ3n) is 5.03. The third kappa shape index (κ3) is 4.45. The number of ether oxygens (including phenoxy) is 2. The topological polar surface area (TPSA) is 115 Å². The summed E-state index contributed by atoms with van der Waals surface area (Å²) in [5.41, 5.74) is 0.605. The fourth-order valence-electron chi connectivity index (χ4n) is 3.56. The first kappa shape index (κ1) is 22.1. The van der Waals surface area contributed by atoms with Crippen LogP contribution in [-0.4, -0.2) is 43.8 Å². The zero-order valence-electron chi connectivity index (χ0n) is 17.8. The fourth-order valence-corrected chi connectivity index (χ4v) is 3.56. The first-order valence-corrected chi connectivity index (χ1v) is 9.83. The van der Waals surface area contributed by atoms with Crippen LogP contribution in [0.1, 0.15) is 46.7 Å². The van der Waals surface area contributed by atoms with Gasteiger partial charge < -0.3 is 18.8 Å². The number of furan rings is 1. The number of methoxy groups -OCH3 is 1. The summed E-state index contributed by atoms with van der Waals surface area (Å²) in [6.45, 7) is 4.73. The Morgan fingerprint density at radius 3 is 2.45 bits per heavy atom. The van der Waals surface area contributed by atoms with Gasteiger partial charge in [-0.1, -0.05) is 0 Å². The van der Waals surface area contributed by atoms with Crippen molar-refractivity contribution in [3.63, 3.8) is 0 Å². The zero-order valence-corrected chi connectivity index (χ0v) is 17.8. The molecule has 2 aromatic rings. The minimum Gasteiger partial charge on any atom is -0.497 e. The largest absolute Gasteiger partial charge is 0.497 e. The number of Topliss-reactive ketones (excluding diaryl/α,β-unsaturated/α-hetero) is 1. The molecule has 2 heterocycles. The normalized spacial score (nSPS) is 15.7. The molecule has 0 spiro atoms. The summed E-state index contributed by atoms with van der Waals surface area (Å²) < 4.78 is 15.6. The van der Waals surface area contributed by atoms with Crippen LogP contribution in [0.5, 0.6) is 5.75 Å². The van der Waals surface area contributed by atoms with Crippen molar-refractivity contribution in [2.75, 3.05) is 30.5 Å². The van der Waals surface area contributed by atoms with E-state index in [1.165, 1.54) is 18.7 Å². The van der Waals surface area contributed by atoms with E-state index >= 15 is 0 Å². The standard InChI is InChI=1S/C22H24N2O7/c1-5-30-22(28)19-18(12(2)25)13(3)31-21(19)23-20(27)14-10-17(26)24(11-14)15-6-8-16(29-4)9-7-15/h6-9,14H,5,10-11H2,1-4H3,(H,23,27). The van der Waals surface area contributed by atoms with Gasteiger partial charge in [-0.25, -0.2) is 4.79 Å². The molecule has 31 heavy (non-hydrogen) atoms. The third-order valence-corrected chi connectivity index (χ3v) is 5.03. The number of benzene rings is 1. The van der Waals surface area contributed by atoms with Gasteiger partial charge in [-0.3, -0.25) is 19.7 Å². The Balaban J connectivity index is 1.80. The molecule has 0 radical (unpaired) electrons. The van der Waals surface area contributed by atoms with Crippen LogP contribution < -0.4 is 15.0 Å². The Labute approximate surface area is 179 Å². The molecule has 164 valence electrons. The lowest BCUT2D eigenvalue weighted by Crippen LogP contribution is -2.28. The van der Waals surface area contributed by atoms with Crippen molar-refractivity contribution in [3.05, 3.63) is 41.2 Å². The first-order chi connectivity index (χ1) is 14.8. The highest BCUT2D eigenvalue weighted by atomic mass is 16.5. The van der Waals surface area contributed by atoms with Crippen LogP contribution in [0.15, 0.2) is 28.7 Å². The van der Waals surface area contributed by atoms with E-state index in [-0.39, 0.29) is 54.0 Å². The lowest BCUT2D eigenvalue weighted by atomic mass is 10.1. The SMILES string of the molecule is CCOC(=O)c1c(NC(=O)C2CC(=O)N(c3ccc(OC)cc3)C2)oc(C)c1C(C)=O. The Hall–Kier alpha value is -3.62. The van der Waals surface area contributed by atoms with Crippen LogP contribution in [0.25, 0.3) is 0 Å². The van der Waals surface area contributed by atoms with Gasteiger partial charge in [0.05, 0.1) is 25.2 Å². The summed E-state index contributed by atoms with van der Waals surface area (Å²) in [4.78, 5) is 51.2. The second-order valence-corrected chi connectivity index (χ2v) is 7.11. The monoisotopic (exact) mass is 428 g/mol. The Kier molecular flexibility index (Phi) is 6.43. The average molecular weight is 428 g/mol. The lowest BCUT2D eigenvalue weighted by Gasteiger charge is -2.17. The molecule has 1 N–H and O–H groups in total. The molecule has 1 atom stereocenters. The molecule has 0 bridgehead atoms. The van der Waals surface area contributed by atoms with Crippen molar-refractivity contribution in [1.82, 2.24) is 0 Å². The van der Waals surface area contributed by atoms with E-state index in [4.69, 9.17) is 13.9 Å². The van der Waals surface area contributed by atoms with Crippen LogP contribution in [-0.2, 0) is 14.3 Å². The van der Waals surface area contributed by atoms with Crippen molar-refractivity contribution >= 4 is 35.1 Å². The molecule has 0 aliphatic carbocycles. The molecule has 1 aromatic heterocycles. The highest BCUT2D eigenvalue weighted by molar-refractivity contribution is 6.11. The number of rotatable bonds is 7. The molecule has 9 nitrogen and oxygen atoms in total. The number of amides is 2. The Bertz CT molecular complexity index is 1020. The van der Waals surface area contributed by atoms with Crippen molar-refractivity contribution in [3.8, 4) is 5.75 Å². The number of hydrogen-bond acceptors (Lipinski definition) is 7. The molecule has 1 aliphatic heterocycles. The second-order valence-electron chi connectivity index (χ2n) is 7.11. The summed E-state index contributed by atoms with van der Waals surface area (Å²) in [5.74, 6) is -1.78. The number of esters is 1. The summed E-state index contributed by atoms with van der Waals surface area (Å²) in [7, 11) is 1.55. The molecular formula is C22H24N2O7. The number of aryl methyl sites for hydroxylation is 1. The summed E-state index contributed by atoms with van der Waals surface area (Å²) in [6, 6.07) is 6.95. The van der Waals surface area contributed by atoms with Gasteiger partial charge in [0.2, 0.25) is 17.7 Å². The molecule has 3 rings (SSSR count). The number of anilines is 2. The van der Waals surface area contributed by atoms with Gasteiger partial charge in [0.25, 0.3) is 0 Å². The number of nitrogens with one attached hydrogen (secondary N) is 1. The Morgan fingerprint density at radius 1 is 1.19 bits per heavy atom. The number of nitrogens with zero attached hydrogens (tertiary/aromatic N) is 1. The number of carbonyl (C=O) groups is 4. The van der Waals surface area contributed by atoms with E-state index < -0.39 is 17.8 Å². The molecular weight excluding hydrogens is 404 g/mol. The Morgan fingerprint density at radius 2 is 1.87 bits per heavy atom. The van der Waals surface area contributed by atoms with Gasteiger partial charge in [0, 0.05) is 18.7 Å². The van der Waals surface area contributed by atoms with Crippen LogP contribution in [0.2, 0.25) is 0 Å². The van der Waals surface area contributed by atoms with Gasteiger partial charge in [0.1, 0.15) is 17.1 Å². The maximum absolute atomic E-state index is 12.9. The lowest BCUT2D eigenvalue weighted by molar-refractivity contribution is -0.122. The maximum Gasteiger partial charge on any atom is 0.344 e. The predicted molar refractivity (Wildman–Crippen MR) is 111 cm³/mol. The smallest absolute Gasteiger partial charge is 0.344 e. The van der Waals surface area contributed by atoms with Crippen LogP contribution >= 0.6 is 0 Å². The molecule has 1 aromatic carbocycles. The van der Waals surface area contributed by atoms with Gasteiger partial charge in [-0.15, -0.1) is 0 Å². The van der Waals surface area contributed by atoms with E-state index in [2.05, 4.69) is 5.32 Å². The first-order valence-electron chi connectivity index (χ1n) is 9.83. The van der Waals surface area contributed by atoms with Gasteiger partial charge in [-0.05, 0) is 45.0 Å². The molecule has 1 aliphatic rings. The number of ketones is 1. The quantitative estimate of drug-likeness (QED) is 0.532. The molecule has 2 amide bonds. The van der Waals surface area contributed by atoms with Crippen LogP contribution in [0.3, 0.4) is 0 Å². The van der Waals surface area contributed by atoms with E-state index in [1.54, 1.807) is 38.3 Å². The van der Waals surface area contributed by atoms with E-state index in [9.17, 15) is 19.2 Å². The van der Waals surface area contributed by atoms with Crippen molar-refractivity contribution in [1.29, 1.82) is 0 Å². The van der Waals surface area contributed by atoms with Gasteiger partial charge in [0.15, 0.2) is 5.78 Å². The summed E-state index contributed by atoms with van der Waals surface area (Å²) in [6.07, 6.45) is 0.00581. The van der Waals surface area contributed by atoms with Crippen LogP contribution in [0.4, 0.5) is 11.6 Å². The minimum atomic E-state index is -0.762. The molecule has 9 heteroatoms. The molecule has 0 saturated carbocycles. The predicted octanol–water partition coefficient (Wildman–Crippen LogP) is 2.97. The number of carbonyl (C=O) groups excluding carboxylic acids is 4. The van der Waals surface area contributed by atoms with Gasteiger partial charge in [-0.2, -0.15) is 0 Å². The van der Waals surface area contributed by atoms with E-state index in [0.29, 0.717) is 11.4 Å². The molecule has 1 unspecified atom stereocenters. The highest BCUT2D eigenvalue weighted by Gasteiger charge is 2.37. The van der Waals surface area contributed by atoms with Crippen molar-refractivity contribution < 1.29 is 33.1 Å². The summed E-state index contributed by atoms with van der Waals surface area (Å²) >= 11 is 0. The van der Waals surface area contributed by atoms with Crippen molar-refractivity contribution in [2.24, 2.45) is 5.92 Å². The van der Waals surface area contributed by atoms with E-state index in [1.807, 2.05) is 0 Å². The molecule has 1 fully saturated rings. The maximum atomic E-state index is 12.9. The number of hydrogen-bond donors (Lipinski definition) is 1. The molecule has 1 saturated heterocycles. The van der Waals surface area contributed by atoms with Crippen molar-refractivity contribution in [2.45, 2.75) is 27.2 Å². The minimum absolute atomic E-state index is 0.00581. The van der Waals surface area contributed by atoms with E-state index in [0.717, 1.165) is 0 Å². The van der Waals surface area contributed by atoms with Crippen LogP contribution in [0, 0.1) is 12.8 Å². The zero-order chi connectivity index (χ0) is 22.7.